The number of aliphatic imine (C=N–C) groups is 1. The summed E-state index contributed by atoms with van der Waals surface area (Å²) in [6, 6.07) is 2.43. The van der Waals surface area contributed by atoms with Crippen molar-refractivity contribution in [3.8, 4) is 0 Å². The largest absolute Gasteiger partial charge is 0.353 e. The summed E-state index contributed by atoms with van der Waals surface area (Å²) >= 11 is 0. The molecule has 26 heavy (non-hydrogen) atoms. The van der Waals surface area contributed by atoms with Crippen LogP contribution in [0.2, 0.25) is 0 Å². The number of amides is 1. The first-order valence-electron chi connectivity index (χ1n) is 10.5. The van der Waals surface area contributed by atoms with Gasteiger partial charge in [-0.1, -0.05) is 6.42 Å². The normalized spacial score (nSPS) is 37.2. The van der Waals surface area contributed by atoms with Gasteiger partial charge < -0.3 is 15.5 Å². The molecule has 4 aliphatic rings. The zero-order chi connectivity index (χ0) is 18.3. The Kier molecular flexibility index (Phi) is 5.13. The molecule has 1 heterocycles. The van der Waals surface area contributed by atoms with Gasteiger partial charge in [0.05, 0.1) is 0 Å². The van der Waals surface area contributed by atoms with E-state index in [1.807, 2.05) is 0 Å². The third-order valence-electron chi connectivity index (χ3n) is 6.91. The van der Waals surface area contributed by atoms with Gasteiger partial charge in [0.25, 0.3) is 0 Å². The van der Waals surface area contributed by atoms with Crippen LogP contribution in [0.15, 0.2) is 4.99 Å². The first-order chi connectivity index (χ1) is 12.5. The van der Waals surface area contributed by atoms with Crippen molar-refractivity contribution in [3.05, 3.63) is 0 Å². The Morgan fingerprint density at radius 2 is 1.92 bits per heavy atom. The predicted octanol–water partition coefficient (Wildman–Crippen LogP) is 1.42. The van der Waals surface area contributed by atoms with Crippen molar-refractivity contribution in [1.29, 1.82) is 0 Å². The highest BCUT2D eigenvalue weighted by Crippen LogP contribution is 2.44. The topological polar surface area (TPSA) is 60.0 Å². The van der Waals surface area contributed by atoms with Crippen molar-refractivity contribution in [2.45, 2.75) is 76.0 Å². The number of nitrogens with zero attached hydrogens (tertiary/aromatic N) is 3. The van der Waals surface area contributed by atoms with Crippen molar-refractivity contribution in [2.24, 2.45) is 16.8 Å². The minimum absolute atomic E-state index is 0.0541. The number of carbonyl (C=O) groups excluding carboxylic acids is 1. The minimum atomic E-state index is 0.0541. The summed E-state index contributed by atoms with van der Waals surface area (Å²) in [4.78, 5) is 20.9. The third-order valence-corrected chi connectivity index (χ3v) is 6.91. The summed E-state index contributed by atoms with van der Waals surface area (Å²) in [6.07, 6.45) is 9.27. The quantitative estimate of drug-likeness (QED) is 0.574. The van der Waals surface area contributed by atoms with Crippen LogP contribution in [0.1, 0.15) is 51.9 Å². The van der Waals surface area contributed by atoms with E-state index in [9.17, 15) is 4.79 Å². The van der Waals surface area contributed by atoms with Gasteiger partial charge in [0.1, 0.15) is 6.54 Å². The number of guanidine groups is 1. The van der Waals surface area contributed by atoms with Crippen LogP contribution >= 0.6 is 0 Å². The first-order valence-corrected chi connectivity index (χ1v) is 10.5. The Morgan fingerprint density at radius 1 is 1.12 bits per heavy atom. The maximum Gasteiger partial charge on any atom is 0.243 e. The molecule has 1 saturated heterocycles. The van der Waals surface area contributed by atoms with Crippen molar-refractivity contribution >= 4 is 11.9 Å². The molecular formula is C20H35N5O. The van der Waals surface area contributed by atoms with Gasteiger partial charge in [-0.3, -0.25) is 9.69 Å². The van der Waals surface area contributed by atoms with E-state index in [1.54, 1.807) is 19.0 Å². The molecule has 5 atom stereocenters. The number of likely N-dealkylation sites (tertiary alicyclic amines) is 1. The maximum atomic E-state index is 12.0. The van der Waals surface area contributed by atoms with Crippen LogP contribution in [0, 0.1) is 11.8 Å². The van der Waals surface area contributed by atoms with Gasteiger partial charge in [-0.15, -0.1) is 0 Å². The Balaban J connectivity index is 1.38. The van der Waals surface area contributed by atoms with E-state index in [0.29, 0.717) is 18.1 Å². The Bertz CT molecular complexity index is 558. The van der Waals surface area contributed by atoms with E-state index >= 15 is 0 Å². The van der Waals surface area contributed by atoms with Crippen LogP contribution in [0.4, 0.5) is 0 Å². The van der Waals surface area contributed by atoms with Crippen LogP contribution in [0.3, 0.4) is 0 Å². The van der Waals surface area contributed by atoms with E-state index in [1.165, 1.54) is 38.5 Å². The van der Waals surface area contributed by atoms with Crippen molar-refractivity contribution in [2.75, 3.05) is 27.2 Å². The molecule has 4 rings (SSSR count). The zero-order valence-corrected chi connectivity index (χ0v) is 16.6. The molecule has 146 valence electrons. The summed E-state index contributed by atoms with van der Waals surface area (Å²) in [5, 5.41) is 7.36. The number of carbonyl (C=O) groups is 1. The molecule has 2 bridgehead atoms. The molecule has 3 saturated carbocycles. The van der Waals surface area contributed by atoms with Gasteiger partial charge in [0, 0.05) is 44.8 Å². The molecule has 5 unspecified atom stereocenters. The molecule has 0 aromatic heterocycles. The van der Waals surface area contributed by atoms with Gasteiger partial charge >= 0.3 is 0 Å². The van der Waals surface area contributed by atoms with Gasteiger partial charge in [0.2, 0.25) is 5.91 Å². The van der Waals surface area contributed by atoms with Crippen LogP contribution in [-0.2, 0) is 4.79 Å². The number of rotatable bonds is 5. The lowest BCUT2D eigenvalue weighted by Gasteiger charge is -2.27. The highest BCUT2D eigenvalue weighted by Gasteiger charge is 2.41. The molecule has 0 aromatic rings. The van der Waals surface area contributed by atoms with Crippen LogP contribution < -0.4 is 10.6 Å². The van der Waals surface area contributed by atoms with E-state index in [4.69, 9.17) is 0 Å². The van der Waals surface area contributed by atoms with Gasteiger partial charge in [-0.05, 0) is 57.3 Å². The Labute approximate surface area is 157 Å². The van der Waals surface area contributed by atoms with Crippen LogP contribution in [0.25, 0.3) is 0 Å². The van der Waals surface area contributed by atoms with Crippen molar-refractivity contribution in [1.82, 2.24) is 20.4 Å². The fourth-order valence-electron chi connectivity index (χ4n) is 5.29. The van der Waals surface area contributed by atoms with Crippen LogP contribution in [-0.4, -0.2) is 73.0 Å². The summed E-state index contributed by atoms with van der Waals surface area (Å²) in [5.41, 5.74) is 0. The molecular weight excluding hydrogens is 326 g/mol. The summed E-state index contributed by atoms with van der Waals surface area (Å²) in [7, 11) is 3.58. The van der Waals surface area contributed by atoms with E-state index < -0.39 is 0 Å². The molecule has 4 fully saturated rings. The lowest BCUT2D eigenvalue weighted by molar-refractivity contribution is -0.127. The highest BCUT2D eigenvalue weighted by molar-refractivity contribution is 5.85. The second kappa shape index (κ2) is 7.37. The predicted molar refractivity (Wildman–Crippen MR) is 104 cm³/mol. The first kappa shape index (κ1) is 18.1. The summed E-state index contributed by atoms with van der Waals surface area (Å²) < 4.78 is 0. The molecule has 1 aliphatic heterocycles. The Hall–Kier alpha value is -1.30. The number of hydrogen-bond donors (Lipinski definition) is 2. The number of fused-ring (bicyclic) bond motifs is 2. The van der Waals surface area contributed by atoms with E-state index in [0.717, 1.165) is 36.8 Å². The van der Waals surface area contributed by atoms with Crippen molar-refractivity contribution in [3.63, 3.8) is 0 Å². The van der Waals surface area contributed by atoms with Crippen LogP contribution in [0.5, 0.6) is 0 Å². The number of nitrogens with one attached hydrogen (secondary N) is 2. The summed E-state index contributed by atoms with van der Waals surface area (Å²) in [5.74, 6) is 2.60. The molecule has 6 nitrogen and oxygen atoms in total. The standard InChI is InChI=1S/C20H35N5O/c1-13-8-16(12-25(13)17-6-7-17)22-20(21-11-19(26)24(2)3)23-18-10-14-4-5-15(18)9-14/h13-18H,4-12H2,1-3H3,(H2,21,22,23). The molecule has 0 radical (unpaired) electrons. The molecule has 1 amide bonds. The Morgan fingerprint density at radius 3 is 2.54 bits per heavy atom. The molecule has 0 spiro atoms. The summed E-state index contributed by atoms with van der Waals surface area (Å²) in [6.45, 7) is 3.67. The van der Waals surface area contributed by atoms with E-state index in [2.05, 4.69) is 27.4 Å². The average Bonchev–Trinajstić information content (AvgIpc) is 3.05. The van der Waals surface area contributed by atoms with Crippen molar-refractivity contribution < 1.29 is 4.79 Å². The monoisotopic (exact) mass is 361 g/mol. The SMILES string of the molecule is CC1CC(NC(=NCC(=O)N(C)C)NC2CC3CCC2C3)CN1C1CC1. The molecule has 0 aromatic carbocycles. The molecule has 6 heteroatoms. The molecule has 3 aliphatic carbocycles. The fraction of sp³-hybridized carbons (Fsp3) is 0.900. The number of hydrogen-bond acceptors (Lipinski definition) is 3. The minimum Gasteiger partial charge on any atom is -0.353 e. The second-order valence-corrected chi connectivity index (χ2v) is 9.23. The average molecular weight is 362 g/mol. The zero-order valence-electron chi connectivity index (χ0n) is 16.6. The number of likely N-dealkylation sites (N-methyl/N-ethyl adjacent to an activating group) is 1. The van der Waals surface area contributed by atoms with E-state index in [-0.39, 0.29) is 12.5 Å². The second-order valence-electron chi connectivity index (χ2n) is 9.23. The van der Waals surface area contributed by atoms with Gasteiger partial charge in [0.15, 0.2) is 5.96 Å². The maximum absolute atomic E-state index is 12.0. The fourth-order valence-corrected chi connectivity index (χ4v) is 5.29. The molecule has 2 N–H and O–H groups in total. The highest BCUT2D eigenvalue weighted by atomic mass is 16.2. The lowest BCUT2D eigenvalue weighted by Crippen LogP contribution is -2.50. The van der Waals surface area contributed by atoms with Gasteiger partial charge in [-0.2, -0.15) is 0 Å². The third kappa shape index (κ3) is 4.00. The van der Waals surface area contributed by atoms with Gasteiger partial charge in [-0.25, -0.2) is 4.99 Å². The lowest BCUT2D eigenvalue weighted by atomic mass is 9.95. The smallest absolute Gasteiger partial charge is 0.243 e.